The lowest BCUT2D eigenvalue weighted by Crippen LogP contribution is -2.19. The third-order valence-corrected chi connectivity index (χ3v) is 4.53. The molecule has 1 aromatic heterocycles. The van der Waals surface area contributed by atoms with Gasteiger partial charge in [-0.3, -0.25) is 4.79 Å². The minimum absolute atomic E-state index is 0.0491. The van der Waals surface area contributed by atoms with Gasteiger partial charge in [0.25, 0.3) is 5.56 Å². The van der Waals surface area contributed by atoms with Gasteiger partial charge in [0.05, 0.1) is 12.3 Å². The molecule has 0 aliphatic carbocycles. The van der Waals surface area contributed by atoms with Crippen LogP contribution in [0.4, 0.5) is 0 Å². The van der Waals surface area contributed by atoms with Gasteiger partial charge in [0.1, 0.15) is 5.75 Å². The van der Waals surface area contributed by atoms with E-state index < -0.39 is 0 Å². The number of ether oxygens (including phenoxy) is 1. The number of nitrogens with zero attached hydrogens (tertiary/aromatic N) is 1. The fraction of sp³-hybridized carbons (Fsp3) is 0.474. The van der Waals surface area contributed by atoms with Gasteiger partial charge in [-0.15, -0.1) is 0 Å². The van der Waals surface area contributed by atoms with Crippen LogP contribution in [0.1, 0.15) is 49.9 Å². The average molecular weight is 346 g/mol. The molecule has 0 atom stereocenters. The Kier molecular flexibility index (Phi) is 7.37. The van der Waals surface area contributed by atoms with Crippen LogP contribution in [0.15, 0.2) is 34.2 Å². The Morgan fingerprint density at radius 1 is 1.21 bits per heavy atom. The molecule has 2 aromatic rings. The maximum absolute atomic E-state index is 12.4. The fourth-order valence-corrected chi connectivity index (χ4v) is 3.00. The van der Waals surface area contributed by atoms with E-state index in [1.54, 1.807) is 0 Å². The minimum atomic E-state index is -0.0491. The molecule has 4 nitrogen and oxygen atoms in total. The van der Waals surface area contributed by atoms with Gasteiger partial charge in [0, 0.05) is 12.0 Å². The molecule has 0 saturated heterocycles. The van der Waals surface area contributed by atoms with Gasteiger partial charge in [-0.25, -0.2) is 4.98 Å². The second-order valence-corrected chi connectivity index (χ2v) is 6.49. The molecule has 0 radical (unpaired) electrons. The molecule has 5 heteroatoms. The molecule has 0 bridgehead atoms. The summed E-state index contributed by atoms with van der Waals surface area (Å²) in [7, 11) is 0. The zero-order valence-electron chi connectivity index (χ0n) is 14.7. The first kappa shape index (κ1) is 18.6. The highest BCUT2D eigenvalue weighted by Gasteiger charge is 2.13. The zero-order valence-corrected chi connectivity index (χ0v) is 15.5. The molecule has 0 unspecified atom stereocenters. The van der Waals surface area contributed by atoms with Crippen LogP contribution in [0.3, 0.4) is 0 Å². The lowest BCUT2D eigenvalue weighted by atomic mass is 10.0. The number of unbranched alkanes of at least 4 members (excludes halogenated alkanes) is 2. The van der Waals surface area contributed by atoms with Crippen LogP contribution in [0.5, 0.6) is 5.75 Å². The monoisotopic (exact) mass is 346 g/mol. The largest absolute Gasteiger partial charge is 0.493 e. The van der Waals surface area contributed by atoms with Crippen molar-refractivity contribution in [2.24, 2.45) is 0 Å². The fourth-order valence-electron chi connectivity index (χ4n) is 2.61. The number of H-pyrrole nitrogens is 1. The Morgan fingerprint density at radius 3 is 2.71 bits per heavy atom. The van der Waals surface area contributed by atoms with Crippen LogP contribution in [0.2, 0.25) is 0 Å². The van der Waals surface area contributed by atoms with Gasteiger partial charge >= 0.3 is 0 Å². The molecular weight excluding hydrogens is 320 g/mol. The topological polar surface area (TPSA) is 55.0 Å². The molecule has 1 N–H and O–H groups in total. The summed E-state index contributed by atoms with van der Waals surface area (Å²) < 4.78 is 5.93. The lowest BCUT2D eigenvalue weighted by Gasteiger charge is -2.13. The van der Waals surface area contributed by atoms with E-state index in [-0.39, 0.29) is 5.56 Å². The van der Waals surface area contributed by atoms with E-state index in [1.165, 1.54) is 24.6 Å². The molecule has 0 spiro atoms. The van der Waals surface area contributed by atoms with E-state index in [1.807, 2.05) is 37.4 Å². The van der Waals surface area contributed by atoms with Gasteiger partial charge in [-0.05, 0) is 30.7 Å². The number of para-hydroxylation sites is 1. The normalized spacial score (nSPS) is 10.8. The summed E-state index contributed by atoms with van der Waals surface area (Å²) in [5, 5.41) is 0.671. The Bertz CT molecular complexity index is 713. The van der Waals surface area contributed by atoms with Crippen LogP contribution in [0.25, 0.3) is 0 Å². The van der Waals surface area contributed by atoms with Crippen molar-refractivity contribution in [1.82, 2.24) is 9.97 Å². The van der Waals surface area contributed by atoms with Crippen LogP contribution >= 0.6 is 11.8 Å². The first-order valence-electron chi connectivity index (χ1n) is 8.56. The predicted octanol–water partition coefficient (Wildman–Crippen LogP) is 4.21. The first-order valence-corrected chi connectivity index (χ1v) is 9.78. The summed E-state index contributed by atoms with van der Waals surface area (Å²) in [6.07, 6.45) is 6.60. The number of hydrogen-bond acceptors (Lipinski definition) is 4. The molecular formula is C19H26N2O2S. The summed E-state index contributed by atoms with van der Waals surface area (Å²) in [6, 6.07) is 7.96. The van der Waals surface area contributed by atoms with Crippen LogP contribution in [0, 0.1) is 0 Å². The standard InChI is InChI=1S/C19H26N2O2S/c1-4-6-9-12-23-17-11-8-7-10-14(17)13-15-16(5-2)20-19(24-3)21-18(15)22/h7-8,10-11H,4-6,9,12-13H2,1-3H3,(H,20,21,22). The molecule has 24 heavy (non-hydrogen) atoms. The van der Waals surface area contributed by atoms with Crippen molar-refractivity contribution < 1.29 is 4.74 Å². The van der Waals surface area contributed by atoms with E-state index in [9.17, 15) is 4.79 Å². The minimum Gasteiger partial charge on any atom is -0.493 e. The van der Waals surface area contributed by atoms with E-state index >= 15 is 0 Å². The SMILES string of the molecule is CCCCCOc1ccccc1Cc1c(CC)nc(SC)[nH]c1=O. The Hall–Kier alpha value is -1.75. The van der Waals surface area contributed by atoms with E-state index in [2.05, 4.69) is 16.9 Å². The molecule has 1 aromatic carbocycles. The van der Waals surface area contributed by atoms with Crippen LogP contribution < -0.4 is 10.3 Å². The highest BCUT2D eigenvalue weighted by molar-refractivity contribution is 7.98. The van der Waals surface area contributed by atoms with Crippen molar-refractivity contribution in [3.63, 3.8) is 0 Å². The quantitative estimate of drug-likeness (QED) is 0.420. The zero-order chi connectivity index (χ0) is 17.4. The average Bonchev–Trinajstić information content (AvgIpc) is 2.61. The highest BCUT2D eigenvalue weighted by Crippen LogP contribution is 2.22. The van der Waals surface area contributed by atoms with E-state index in [0.29, 0.717) is 18.2 Å². The predicted molar refractivity (Wildman–Crippen MR) is 100 cm³/mol. The second-order valence-electron chi connectivity index (χ2n) is 5.69. The third kappa shape index (κ3) is 4.87. The van der Waals surface area contributed by atoms with Crippen LogP contribution in [-0.2, 0) is 12.8 Å². The van der Waals surface area contributed by atoms with Gasteiger partial charge in [-0.2, -0.15) is 0 Å². The molecule has 0 saturated carbocycles. The van der Waals surface area contributed by atoms with Crippen molar-refractivity contribution in [2.45, 2.75) is 51.1 Å². The van der Waals surface area contributed by atoms with Gasteiger partial charge in [0.15, 0.2) is 5.16 Å². The maximum atomic E-state index is 12.4. The first-order chi connectivity index (χ1) is 11.7. The Balaban J connectivity index is 2.24. The number of aryl methyl sites for hydroxylation is 1. The number of aromatic amines is 1. The van der Waals surface area contributed by atoms with Crippen molar-refractivity contribution in [3.8, 4) is 5.75 Å². The van der Waals surface area contributed by atoms with E-state index in [4.69, 9.17) is 4.74 Å². The third-order valence-electron chi connectivity index (χ3n) is 3.95. The summed E-state index contributed by atoms with van der Waals surface area (Å²) in [4.78, 5) is 19.8. The number of rotatable bonds is 9. The van der Waals surface area contributed by atoms with Crippen molar-refractivity contribution in [2.75, 3.05) is 12.9 Å². The number of hydrogen-bond donors (Lipinski definition) is 1. The van der Waals surface area contributed by atoms with Crippen molar-refractivity contribution in [3.05, 3.63) is 51.4 Å². The number of aromatic nitrogens is 2. The van der Waals surface area contributed by atoms with Crippen LogP contribution in [-0.4, -0.2) is 22.8 Å². The molecule has 130 valence electrons. The highest BCUT2D eigenvalue weighted by atomic mass is 32.2. The summed E-state index contributed by atoms with van der Waals surface area (Å²) in [5.41, 5.74) is 2.59. The molecule has 0 aliphatic heterocycles. The number of benzene rings is 1. The Labute approximate surface area is 148 Å². The molecule has 0 aliphatic rings. The molecule has 0 fully saturated rings. The molecule has 0 amide bonds. The smallest absolute Gasteiger partial charge is 0.255 e. The second kappa shape index (κ2) is 9.52. The van der Waals surface area contributed by atoms with E-state index in [0.717, 1.165) is 35.4 Å². The van der Waals surface area contributed by atoms with Crippen molar-refractivity contribution in [1.29, 1.82) is 0 Å². The Morgan fingerprint density at radius 2 is 2.00 bits per heavy atom. The number of nitrogens with one attached hydrogen (secondary N) is 1. The number of thioether (sulfide) groups is 1. The summed E-state index contributed by atoms with van der Waals surface area (Å²) >= 11 is 1.45. The summed E-state index contributed by atoms with van der Waals surface area (Å²) in [6.45, 7) is 4.92. The van der Waals surface area contributed by atoms with Gasteiger partial charge < -0.3 is 9.72 Å². The van der Waals surface area contributed by atoms with Crippen molar-refractivity contribution >= 4 is 11.8 Å². The van der Waals surface area contributed by atoms with Gasteiger partial charge in [-0.1, -0.05) is 56.7 Å². The molecule has 1 heterocycles. The summed E-state index contributed by atoms with van der Waals surface area (Å²) in [5.74, 6) is 0.865. The van der Waals surface area contributed by atoms with Gasteiger partial charge in [0.2, 0.25) is 0 Å². The lowest BCUT2D eigenvalue weighted by molar-refractivity contribution is 0.303. The molecule has 2 rings (SSSR count). The maximum Gasteiger partial charge on any atom is 0.255 e.